The van der Waals surface area contributed by atoms with Crippen LogP contribution in [0.3, 0.4) is 0 Å². The minimum absolute atomic E-state index is 0.0400. The number of thiophene rings is 1. The van der Waals surface area contributed by atoms with Crippen molar-refractivity contribution in [2.75, 3.05) is 11.5 Å². The molecule has 0 bridgehead atoms. The lowest BCUT2D eigenvalue weighted by Gasteiger charge is -2.49. The van der Waals surface area contributed by atoms with Crippen molar-refractivity contribution >= 4 is 70.0 Å². The van der Waals surface area contributed by atoms with Crippen LogP contribution in [0.25, 0.3) is 0 Å². The molecule has 2 aliphatic heterocycles. The number of carbonyl (C=O) groups is 4. The summed E-state index contributed by atoms with van der Waals surface area (Å²) < 4.78 is 6.11. The van der Waals surface area contributed by atoms with Gasteiger partial charge in [-0.2, -0.15) is 0 Å². The lowest BCUT2D eigenvalue weighted by atomic mass is 10.0. The van der Waals surface area contributed by atoms with E-state index in [1.54, 1.807) is 35.7 Å². The van der Waals surface area contributed by atoms with Gasteiger partial charge < -0.3 is 15.2 Å². The Hall–Kier alpha value is -3.20. The Morgan fingerprint density at radius 3 is 2.71 bits per heavy atom. The number of nitrogens with one attached hydrogen (secondary N) is 1. The summed E-state index contributed by atoms with van der Waals surface area (Å²) in [6.07, 6.45) is -0.116. The highest BCUT2D eigenvalue weighted by atomic mass is 32.2. The smallest absolute Gasteiger partial charge is 0.353 e. The van der Waals surface area contributed by atoms with Crippen LogP contribution in [-0.4, -0.2) is 66.9 Å². The van der Waals surface area contributed by atoms with Crippen molar-refractivity contribution in [1.29, 1.82) is 0 Å². The summed E-state index contributed by atoms with van der Waals surface area (Å²) in [6, 6.07) is 9.45. The zero-order valence-corrected chi connectivity index (χ0v) is 23.0. The second-order valence-corrected chi connectivity index (χ2v) is 12.7. The Morgan fingerprint density at radius 2 is 2.00 bits per heavy atom. The van der Waals surface area contributed by atoms with Gasteiger partial charge in [-0.3, -0.25) is 14.5 Å². The molecule has 3 aromatic rings. The van der Waals surface area contributed by atoms with Crippen LogP contribution in [0.2, 0.25) is 0 Å². The van der Waals surface area contributed by atoms with Crippen molar-refractivity contribution < 1.29 is 29.0 Å². The van der Waals surface area contributed by atoms with E-state index in [4.69, 9.17) is 4.74 Å². The first kappa shape index (κ1) is 26.4. The van der Waals surface area contributed by atoms with E-state index in [0.717, 1.165) is 9.35 Å². The first-order chi connectivity index (χ1) is 18.3. The number of rotatable bonds is 9. The molecule has 38 heavy (non-hydrogen) atoms. The van der Waals surface area contributed by atoms with E-state index < -0.39 is 35.2 Å². The molecule has 2 atom stereocenters. The number of thioether (sulfide) groups is 2. The average molecular weight is 589 g/mol. The van der Waals surface area contributed by atoms with Crippen LogP contribution in [0, 0.1) is 6.92 Å². The van der Waals surface area contributed by atoms with E-state index in [-0.39, 0.29) is 12.1 Å². The predicted octanol–water partition coefficient (Wildman–Crippen LogP) is 3.20. The molecule has 0 spiro atoms. The minimum atomic E-state index is -1.18. The molecule has 0 radical (unpaired) electrons. The third-order valence-electron chi connectivity index (χ3n) is 5.68. The van der Waals surface area contributed by atoms with E-state index in [1.165, 1.54) is 51.1 Å². The van der Waals surface area contributed by atoms with Gasteiger partial charge in [0.25, 0.3) is 5.91 Å². The number of aliphatic carboxylic acids is 1. The summed E-state index contributed by atoms with van der Waals surface area (Å²) >= 11 is 5.38. The highest BCUT2D eigenvalue weighted by Crippen LogP contribution is 2.41. The molecular weight excluding hydrogens is 569 g/mol. The Bertz CT molecular complexity index is 1440. The summed E-state index contributed by atoms with van der Waals surface area (Å²) in [7, 11) is 0. The topological polar surface area (TPSA) is 139 Å². The maximum atomic E-state index is 13.0. The first-order valence-electron chi connectivity index (χ1n) is 11.3. The van der Waals surface area contributed by atoms with E-state index in [2.05, 4.69) is 15.5 Å². The van der Waals surface area contributed by atoms with Gasteiger partial charge in [0.2, 0.25) is 5.91 Å². The van der Waals surface area contributed by atoms with Crippen LogP contribution in [0.4, 0.5) is 0 Å². The first-order valence-corrected chi connectivity index (χ1v) is 15.0. The number of aromatic nitrogens is 2. The number of carbonyl (C=O) groups excluding carboxylic acids is 3. The number of hydrogen-bond donors (Lipinski definition) is 2. The highest BCUT2D eigenvalue weighted by Gasteiger charge is 2.54. The van der Waals surface area contributed by atoms with Gasteiger partial charge in [0.15, 0.2) is 4.34 Å². The molecule has 1 unspecified atom stereocenters. The number of amides is 2. The molecule has 1 saturated heterocycles. The number of para-hydroxylation sites is 1. The molecule has 4 heterocycles. The Balaban J connectivity index is 1.22. The molecule has 5 rings (SSSR count). The highest BCUT2D eigenvalue weighted by molar-refractivity contribution is 8.01. The number of β-lactam (4-membered cyclic amide) rings is 1. The maximum Gasteiger partial charge on any atom is 0.353 e. The second-order valence-electron chi connectivity index (χ2n) is 8.24. The number of carboxylic acids is 1. The fourth-order valence-corrected chi connectivity index (χ4v) is 8.07. The Morgan fingerprint density at radius 1 is 1.21 bits per heavy atom. The van der Waals surface area contributed by atoms with Crippen molar-refractivity contribution in [3.8, 4) is 5.75 Å². The molecule has 0 saturated carbocycles. The normalized spacial score (nSPS) is 18.6. The number of ether oxygens (including phenoxy) is 1. The van der Waals surface area contributed by atoms with Crippen molar-refractivity contribution in [3.63, 3.8) is 0 Å². The zero-order valence-electron chi connectivity index (χ0n) is 19.8. The third-order valence-corrected chi connectivity index (χ3v) is 10.0. The SMILES string of the molecule is Cc1nnc(SCC2=C(C(=O)O)N3C(=O)C(NC(=O)Cc4ccsc4C(=O)Oc4ccccc4)[C@H]3SC2)s1. The largest absolute Gasteiger partial charge is 0.477 e. The van der Waals surface area contributed by atoms with Crippen molar-refractivity contribution in [3.05, 3.63) is 68.5 Å². The summed E-state index contributed by atoms with van der Waals surface area (Å²) in [6.45, 7) is 1.84. The van der Waals surface area contributed by atoms with E-state index >= 15 is 0 Å². The molecule has 2 aromatic heterocycles. The second kappa shape index (κ2) is 11.3. The summed E-state index contributed by atoms with van der Waals surface area (Å²) in [4.78, 5) is 52.0. The maximum absolute atomic E-state index is 13.0. The van der Waals surface area contributed by atoms with Gasteiger partial charge in [-0.05, 0) is 41.6 Å². The van der Waals surface area contributed by atoms with E-state index in [0.29, 0.717) is 33.3 Å². The average Bonchev–Trinajstić information content (AvgIpc) is 3.54. The minimum Gasteiger partial charge on any atom is -0.477 e. The monoisotopic (exact) mass is 588 g/mol. The predicted molar refractivity (Wildman–Crippen MR) is 144 cm³/mol. The van der Waals surface area contributed by atoms with Gasteiger partial charge in [-0.1, -0.05) is 41.3 Å². The molecule has 2 aliphatic rings. The lowest BCUT2D eigenvalue weighted by molar-refractivity contribution is -0.150. The fraction of sp³-hybridized carbons (Fsp3) is 0.250. The zero-order chi connectivity index (χ0) is 26.8. The number of esters is 1. The standard InChI is InChI=1S/C24H20N4O6S4/c1-12-26-27-24(38-12)37-11-14-10-36-21-17(20(30)28(21)18(14)22(31)32)25-16(29)9-13-7-8-35-19(13)23(33)34-15-5-3-2-4-6-15/h2-8,17,21H,9-11H2,1H3,(H,25,29)(H,31,32)/t17?,21-/m1/s1. The van der Waals surface area contributed by atoms with Crippen LogP contribution in [-0.2, 0) is 20.8 Å². The lowest BCUT2D eigenvalue weighted by Crippen LogP contribution is -2.70. The number of carboxylic acid groups (broad SMARTS) is 1. The fourth-order valence-electron chi connectivity index (χ4n) is 3.97. The van der Waals surface area contributed by atoms with Crippen molar-refractivity contribution in [1.82, 2.24) is 20.4 Å². The molecule has 2 amide bonds. The van der Waals surface area contributed by atoms with E-state index in [9.17, 15) is 24.3 Å². The molecule has 1 aromatic carbocycles. The van der Waals surface area contributed by atoms with Gasteiger partial charge >= 0.3 is 11.9 Å². The molecule has 2 N–H and O–H groups in total. The van der Waals surface area contributed by atoms with Gasteiger partial charge in [0.05, 0.1) is 6.42 Å². The molecule has 1 fully saturated rings. The van der Waals surface area contributed by atoms with Crippen LogP contribution in [0.15, 0.2) is 57.4 Å². The number of nitrogens with zero attached hydrogens (tertiary/aromatic N) is 3. The van der Waals surface area contributed by atoms with Crippen LogP contribution >= 0.6 is 46.2 Å². The van der Waals surface area contributed by atoms with Gasteiger partial charge in [-0.15, -0.1) is 33.3 Å². The van der Waals surface area contributed by atoms with Crippen molar-refractivity contribution in [2.24, 2.45) is 0 Å². The Labute approximate surface area is 233 Å². The molecule has 10 nitrogen and oxygen atoms in total. The number of fused-ring (bicyclic) bond motifs is 1. The summed E-state index contributed by atoms with van der Waals surface area (Å²) in [5.41, 5.74) is 1.07. The van der Waals surface area contributed by atoms with Crippen LogP contribution < -0.4 is 10.1 Å². The number of hydrogen-bond acceptors (Lipinski definition) is 11. The summed E-state index contributed by atoms with van der Waals surface area (Å²) in [5, 5.41) is 22.6. The van der Waals surface area contributed by atoms with Crippen LogP contribution in [0.5, 0.6) is 5.75 Å². The quantitative estimate of drug-likeness (QED) is 0.166. The van der Waals surface area contributed by atoms with Gasteiger partial charge in [-0.25, -0.2) is 9.59 Å². The molecule has 14 heteroatoms. The van der Waals surface area contributed by atoms with Gasteiger partial charge in [0.1, 0.15) is 32.7 Å². The van der Waals surface area contributed by atoms with Crippen molar-refractivity contribution in [2.45, 2.75) is 29.1 Å². The number of benzene rings is 1. The molecule has 0 aliphatic carbocycles. The van der Waals surface area contributed by atoms with E-state index in [1.807, 2.05) is 13.0 Å². The Kier molecular flexibility index (Phi) is 7.83. The number of aryl methyl sites for hydroxylation is 1. The van der Waals surface area contributed by atoms with Gasteiger partial charge in [0, 0.05) is 11.5 Å². The van der Waals surface area contributed by atoms with Crippen LogP contribution in [0.1, 0.15) is 20.2 Å². The molecule has 196 valence electrons. The summed E-state index contributed by atoms with van der Waals surface area (Å²) in [5.74, 6) is -1.48. The third kappa shape index (κ3) is 5.48. The molecular formula is C24H20N4O6S4.